The molecule has 0 fully saturated rings. The van der Waals surface area contributed by atoms with E-state index in [0.29, 0.717) is 28.4 Å². The number of aromatic nitrogens is 3. The lowest BCUT2D eigenvalue weighted by Crippen LogP contribution is -2.10. The zero-order chi connectivity index (χ0) is 17.6. The zero-order valence-electron chi connectivity index (χ0n) is 13.2. The van der Waals surface area contributed by atoms with Gasteiger partial charge in [0.1, 0.15) is 11.5 Å². The van der Waals surface area contributed by atoms with E-state index in [1.807, 2.05) is 4.57 Å². The molecule has 0 aliphatic rings. The number of carbonyl (C=O) groups excluding carboxylic acids is 1. The molecule has 1 amide bonds. The van der Waals surface area contributed by atoms with Gasteiger partial charge in [0.2, 0.25) is 5.91 Å². The van der Waals surface area contributed by atoms with E-state index in [4.69, 9.17) is 10.3 Å². The van der Waals surface area contributed by atoms with E-state index in [1.165, 1.54) is 12.1 Å². The highest BCUT2D eigenvalue weighted by Gasteiger charge is 2.17. The highest BCUT2D eigenvalue weighted by molar-refractivity contribution is 5.93. The number of benzene rings is 2. The molecule has 0 spiro atoms. The fraction of sp³-hybridized carbons (Fsp3) is 0.0556. The van der Waals surface area contributed by atoms with Crippen LogP contribution in [0, 0.1) is 12.7 Å². The smallest absolute Gasteiger partial charge is 0.274 e. The highest BCUT2D eigenvalue weighted by Crippen LogP contribution is 2.31. The molecule has 0 saturated carbocycles. The molecule has 4 rings (SSSR count). The van der Waals surface area contributed by atoms with Crippen molar-refractivity contribution in [3.05, 3.63) is 65.7 Å². The van der Waals surface area contributed by atoms with Gasteiger partial charge in [0, 0.05) is 16.6 Å². The topological polar surface area (TPSA) is 86.9 Å². The minimum absolute atomic E-state index is 0.327. The number of carbonyl (C=O) groups is 1. The number of amides is 1. The molecule has 2 heterocycles. The third-order valence-corrected chi connectivity index (χ3v) is 3.92. The maximum Gasteiger partial charge on any atom is 0.274 e. The lowest BCUT2D eigenvalue weighted by molar-refractivity contribution is 0.100. The first-order valence-electron chi connectivity index (χ1n) is 7.55. The summed E-state index contributed by atoms with van der Waals surface area (Å²) in [7, 11) is 0. The summed E-state index contributed by atoms with van der Waals surface area (Å²) in [5.74, 6) is -0.00382. The van der Waals surface area contributed by atoms with Crippen LogP contribution in [0.3, 0.4) is 0 Å². The quantitative estimate of drug-likeness (QED) is 0.622. The molecule has 0 bridgehead atoms. The largest absolute Gasteiger partial charge is 0.366 e. The third kappa shape index (κ3) is 2.55. The Morgan fingerprint density at radius 3 is 2.56 bits per heavy atom. The number of hydrogen-bond acceptors (Lipinski definition) is 4. The summed E-state index contributed by atoms with van der Waals surface area (Å²) in [6.45, 7) is 1.72. The van der Waals surface area contributed by atoms with Crippen LogP contribution in [0.25, 0.3) is 28.2 Å². The van der Waals surface area contributed by atoms with Crippen molar-refractivity contribution in [1.29, 1.82) is 0 Å². The van der Waals surface area contributed by atoms with Crippen molar-refractivity contribution in [2.24, 2.45) is 5.73 Å². The summed E-state index contributed by atoms with van der Waals surface area (Å²) in [6, 6.07) is 13.1. The summed E-state index contributed by atoms with van der Waals surface area (Å²) in [6.07, 6.45) is 0. The van der Waals surface area contributed by atoms with E-state index >= 15 is 0 Å². The Labute approximate surface area is 141 Å². The van der Waals surface area contributed by atoms with Crippen LogP contribution < -0.4 is 5.73 Å². The molecule has 2 aromatic heterocycles. The van der Waals surface area contributed by atoms with Gasteiger partial charge in [0.15, 0.2) is 5.82 Å². The molecule has 0 aliphatic carbocycles. The van der Waals surface area contributed by atoms with E-state index in [9.17, 15) is 9.18 Å². The van der Waals surface area contributed by atoms with Crippen LogP contribution in [0.4, 0.5) is 4.39 Å². The van der Waals surface area contributed by atoms with Crippen LogP contribution in [0.2, 0.25) is 0 Å². The maximum absolute atomic E-state index is 13.6. The first-order chi connectivity index (χ1) is 12.0. The number of nitrogens with zero attached hydrogens (tertiary/aromatic N) is 3. The van der Waals surface area contributed by atoms with Gasteiger partial charge in [-0.1, -0.05) is 5.16 Å². The number of aryl methyl sites for hydroxylation is 1. The minimum atomic E-state index is -0.501. The molecule has 0 unspecified atom stereocenters. The molecule has 4 aromatic rings. The van der Waals surface area contributed by atoms with Crippen molar-refractivity contribution < 1.29 is 13.7 Å². The molecule has 6 nitrogen and oxygen atoms in total. The average Bonchev–Trinajstić information content (AvgIpc) is 3.17. The Morgan fingerprint density at radius 2 is 1.92 bits per heavy atom. The summed E-state index contributed by atoms with van der Waals surface area (Å²) >= 11 is 0. The van der Waals surface area contributed by atoms with E-state index < -0.39 is 5.91 Å². The molecule has 2 aromatic carbocycles. The normalized spacial score (nSPS) is 11.1. The second-order valence-corrected chi connectivity index (χ2v) is 5.63. The number of fused-ring (bicyclic) bond motifs is 1. The molecule has 0 radical (unpaired) electrons. The van der Waals surface area contributed by atoms with E-state index in [0.717, 1.165) is 11.2 Å². The number of rotatable bonds is 3. The first-order valence-corrected chi connectivity index (χ1v) is 7.55. The predicted molar refractivity (Wildman–Crippen MR) is 89.8 cm³/mol. The lowest BCUT2D eigenvalue weighted by Gasteiger charge is -2.09. The Morgan fingerprint density at radius 1 is 1.16 bits per heavy atom. The molecule has 25 heavy (non-hydrogen) atoms. The second-order valence-electron chi connectivity index (χ2n) is 5.63. The minimum Gasteiger partial charge on any atom is -0.366 e. The second kappa shape index (κ2) is 5.55. The number of halogens is 1. The fourth-order valence-electron chi connectivity index (χ4n) is 2.80. The SMILES string of the molecule is Cc1noc(-c2cc3cc(F)ccc3n2-c2ccc(C(N)=O)cc2)n1. The Hall–Kier alpha value is -3.48. The zero-order valence-corrected chi connectivity index (χ0v) is 13.2. The van der Waals surface area contributed by atoms with Crippen LogP contribution >= 0.6 is 0 Å². The molecule has 0 saturated heterocycles. The van der Waals surface area contributed by atoms with Crippen molar-refractivity contribution >= 4 is 16.8 Å². The van der Waals surface area contributed by atoms with E-state index in [2.05, 4.69) is 10.1 Å². The molecule has 0 atom stereocenters. The predicted octanol–water partition coefficient (Wildman–Crippen LogP) is 3.23. The molecule has 0 aliphatic heterocycles. The first kappa shape index (κ1) is 15.1. The monoisotopic (exact) mass is 336 g/mol. The molecular weight excluding hydrogens is 323 g/mol. The standard InChI is InChI=1S/C18H13FN4O2/c1-10-21-18(25-22-10)16-9-12-8-13(19)4-7-15(12)23(16)14-5-2-11(3-6-14)17(20)24/h2-9H,1H3,(H2,20,24). The summed E-state index contributed by atoms with van der Waals surface area (Å²) in [5, 5.41) is 4.52. The fourth-order valence-corrected chi connectivity index (χ4v) is 2.80. The summed E-state index contributed by atoms with van der Waals surface area (Å²) < 4.78 is 20.8. The van der Waals surface area contributed by atoms with Gasteiger partial charge in [-0.2, -0.15) is 4.98 Å². The van der Waals surface area contributed by atoms with Gasteiger partial charge in [-0.05, 0) is 55.5 Å². The molecule has 2 N–H and O–H groups in total. The highest BCUT2D eigenvalue weighted by atomic mass is 19.1. The van der Waals surface area contributed by atoms with Crippen molar-refractivity contribution in [3.63, 3.8) is 0 Å². The summed E-state index contributed by atoms with van der Waals surface area (Å²) in [4.78, 5) is 15.5. The van der Waals surface area contributed by atoms with Gasteiger partial charge in [-0.25, -0.2) is 4.39 Å². The molecule has 7 heteroatoms. The van der Waals surface area contributed by atoms with Crippen molar-refractivity contribution in [3.8, 4) is 17.3 Å². The van der Waals surface area contributed by atoms with Gasteiger partial charge in [0.05, 0.1) is 5.52 Å². The summed E-state index contributed by atoms with van der Waals surface area (Å²) in [5.41, 5.74) is 7.87. The number of hydrogen-bond donors (Lipinski definition) is 1. The van der Waals surface area contributed by atoms with Crippen LogP contribution in [0.5, 0.6) is 0 Å². The number of nitrogens with two attached hydrogens (primary N) is 1. The van der Waals surface area contributed by atoms with Gasteiger partial charge in [-0.15, -0.1) is 0 Å². The third-order valence-electron chi connectivity index (χ3n) is 3.92. The van der Waals surface area contributed by atoms with Crippen LogP contribution in [-0.2, 0) is 0 Å². The molecule has 124 valence electrons. The van der Waals surface area contributed by atoms with Crippen LogP contribution in [0.1, 0.15) is 16.2 Å². The van der Waals surface area contributed by atoms with Gasteiger partial charge in [-0.3, -0.25) is 4.79 Å². The van der Waals surface area contributed by atoms with Crippen molar-refractivity contribution in [1.82, 2.24) is 14.7 Å². The van der Waals surface area contributed by atoms with Crippen molar-refractivity contribution in [2.45, 2.75) is 6.92 Å². The van der Waals surface area contributed by atoms with Crippen LogP contribution in [-0.4, -0.2) is 20.6 Å². The van der Waals surface area contributed by atoms with Gasteiger partial charge in [0.25, 0.3) is 5.89 Å². The number of primary amides is 1. The Balaban J connectivity index is 1.98. The van der Waals surface area contributed by atoms with Crippen molar-refractivity contribution in [2.75, 3.05) is 0 Å². The van der Waals surface area contributed by atoms with Crippen LogP contribution in [0.15, 0.2) is 53.1 Å². The Bertz CT molecular complexity index is 1100. The molecular formula is C18H13FN4O2. The van der Waals surface area contributed by atoms with E-state index in [1.54, 1.807) is 43.3 Å². The van der Waals surface area contributed by atoms with Gasteiger partial charge < -0.3 is 14.8 Å². The van der Waals surface area contributed by atoms with Gasteiger partial charge >= 0.3 is 0 Å². The maximum atomic E-state index is 13.6. The Kier molecular flexibility index (Phi) is 3.35. The average molecular weight is 336 g/mol. The lowest BCUT2D eigenvalue weighted by atomic mass is 10.2. The van der Waals surface area contributed by atoms with E-state index in [-0.39, 0.29) is 5.82 Å².